The van der Waals surface area contributed by atoms with Gasteiger partial charge in [-0.25, -0.2) is 9.59 Å². The first-order valence-electron chi connectivity index (χ1n) is 9.47. The molecule has 0 aliphatic carbocycles. The summed E-state index contributed by atoms with van der Waals surface area (Å²) >= 11 is 0. The van der Waals surface area contributed by atoms with Gasteiger partial charge in [0.25, 0.3) is 0 Å². The van der Waals surface area contributed by atoms with Crippen LogP contribution in [-0.2, 0) is 22.6 Å². The van der Waals surface area contributed by atoms with Crippen LogP contribution >= 0.6 is 0 Å². The number of nitrogens with zero attached hydrogens (tertiary/aromatic N) is 2. The third-order valence-corrected chi connectivity index (χ3v) is 5.24. The molecule has 0 spiro atoms. The number of amides is 1. The first-order chi connectivity index (χ1) is 13.6. The first kappa shape index (κ1) is 19.9. The van der Waals surface area contributed by atoms with Crippen molar-refractivity contribution in [2.45, 2.75) is 38.0 Å². The number of carbonyl (C=O) groups is 2. The number of benzene rings is 2. The Labute approximate surface area is 165 Å². The van der Waals surface area contributed by atoms with E-state index in [0.29, 0.717) is 19.4 Å². The Kier molecular flexibility index (Phi) is 6.66. The summed E-state index contributed by atoms with van der Waals surface area (Å²) in [6, 6.07) is 19.5. The molecule has 0 radical (unpaired) electrons. The zero-order valence-corrected chi connectivity index (χ0v) is 16.0. The van der Waals surface area contributed by atoms with Gasteiger partial charge in [-0.15, -0.1) is 0 Å². The fraction of sp³-hybridized carbons (Fsp3) is 0.364. The molecule has 0 bridgehead atoms. The van der Waals surface area contributed by atoms with Crippen molar-refractivity contribution in [2.24, 2.45) is 0 Å². The predicted octanol–water partition coefficient (Wildman–Crippen LogP) is 3.37. The van der Waals surface area contributed by atoms with E-state index in [4.69, 9.17) is 4.74 Å². The summed E-state index contributed by atoms with van der Waals surface area (Å²) in [7, 11) is 1.28. The Balaban J connectivity index is 1.80. The maximum atomic E-state index is 12.0. The van der Waals surface area contributed by atoms with Crippen molar-refractivity contribution in [3.8, 4) is 0 Å². The summed E-state index contributed by atoms with van der Waals surface area (Å²) in [6.07, 6.45) is 0.506. The van der Waals surface area contributed by atoms with E-state index in [2.05, 4.69) is 29.2 Å². The number of carbonyl (C=O) groups excluding carboxylic acids is 1. The standard InChI is InChI=1S/C22H26N2O4/c1-28-22(27)24-13-12-19(14-20(24)21(25)26)23(15-17-8-4-2-5-9-17)16-18-10-6-3-7-11-18/h2-11,19-20H,12-16H2,1H3,(H,25,26)/t19-,20+/m0/s1. The fourth-order valence-electron chi connectivity index (χ4n) is 3.80. The number of hydrogen-bond donors (Lipinski definition) is 1. The monoisotopic (exact) mass is 382 g/mol. The number of likely N-dealkylation sites (tertiary alicyclic amines) is 1. The van der Waals surface area contributed by atoms with Crippen molar-refractivity contribution in [3.63, 3.8) is 0 Å². The predicted molar refractivity (Wildman–Crippen MR) is 106 cm³/mol. The Morgan fingerprint density at radius 2 is 1.57 bits per heavy atom. The second-order valence-corrected chi connectivity index (χ2v) is 7.07. The molecule has 148 valence electrons. The van der Waals surface area contributed by atoms with E-state index in [1.54, 1.807) is 0 Å². The van der Waals surface area contributed by atoms with Crippen LogP contribution in [0.4, 0.5) is 4.79 Å². The zero-order valence-electron chi connectivity index (χ0n) is 16.0. The molecule has 6 nitrogen and oxygen atoms in total. The molecule has 1 saturated heterocycles. The topological polar surface area (TPSA) is 70.1 Å². The number of methoxy groups -OCH3 is 1. The third kappa shape index (κ3) is 4.89. The van der Waals surface area contributed by atoms with Gasteiger partial charge in [0.1, 0.15) is 6.04 Å². The zero-order chi connectivity index (χ0) is 19.9. The summed E-state index contributed by atoms with van der Waals surface area (Å²) < 4.78 is 4.77. The van der Waals surface area contributed by atoms with Crippen molar-refractivity contribution in [1.82, 2.24) is 9.80 Å². The molecule has 2 aromatic carbocycles. The van der Waals surface area contributed by atoms with Crippen molar-refractivity contribution in [2.75, 3.05) is 13.7 Å². The van der Waals surface area contributed by atoms with Gasteiger partial charge in [-0.05, 0) is 24.0 Å². The average molecular weight is 382 g/mol. The minimum atomic E-state index is -0.991. The van der Waals surface area contributed by atoms with Crippen LogP contribution in [0.25, 0.3) is 0 Å². The molecule has 1 aliphatic rings. The quantitative estimate of drug-likeness (QED) is 0.829. The van der Waals surface area contributed by atoms with Crippen molar-refractivity contribution in [1.29, 1.82) is 0 Å². The maximum Gasteiger partial charge on any atom is 0.410 e. The summed E-state index contributed by atoms with van der Waals surface area (Å²) in [4.78, 5) is 27.4. The molecule has 1 heterocycles. The number of carboxylic acid groups (broad SMARTS) is 1. The van der Waals surface area contributed by atoms with E-state index in [1.165, 1.54) is 23.1 Å². The largest absolute Gasteiger partial charge is 0.480 e. The molecular formula is C22H26N2O4. The van der Waals surface area contributed by atoms with Crippen LogP contribution in [0.15, 0.2) is 60.7 Å². The van der Waals surface area contributed by atoms with Crippen LogP contribution in [0.2, 0.25) is 0 Å². The molecule has 2 aromatic rings. The molecule has 6 heteroatoms. The lowest BCUT2D eigenvalue weighted by Gasteiger charge is -2.41. The lowest BCUT2D eigenvalue weighted by Crippen LogP contribution is -2.54. The summed E-state index contributed by atoms with van der Waals surface area (Å²) in [5.74, 6) is -0.991. The van der Waals surface area contributed by atoms with E-state index in [1.807, 2.05) is 36.4 Å². The van der Waals surface area contributed by atoms with Gasteiger partial charge < -0.3 is 9.84 Å². The molecule has 1 aliphatic heterocycles. The lowest BCUT2D eigenvalue weighted by molar-refractivity contribution is -0.145. The van der Waals surface area contributed by atoms with Crippen molar-refractivity contribution in [3.05, 3.63) is 71.8 Å². The van der Waals surface area contributed by atoms with Crippen LogP contribution in [0.5, 0.6) is 0 Å². The number of carboxylic acids is 1. The smallest absolute Gasteiger partial charge is 0.410 e. The van der Waals surface area contributed by atoms with Crippen LogP contribution in [0, 0.1) is 0 Å². The van der Waals surface area contributed by atoms with E-state index in [-0.39, 0.29) is 6.04 Å². The van der Waals surface area contributed by atoms with Gasteiger partial charge >= 0.3 is 12.1 Å². The molecular weight excluding hydrogens is 356 g/mol. The van der Waals surface area contributed by atoms with Gasteiger partial charge in [0, 0.05) is 25.7 Å². The Hall–Kier alpha value is -2.86. The number of piperidine rings is 1. The van der Waals surface area contributed by atoms with Gasteiger partial charge in [-0.3, -0.25) is 9.80 Å². The fourth-order valence-corrected chi connectivity index (χ4v) is 3.80. The maximum absolute atomic E-state index is 12.0. The van der Waals surface area contributed by atoms with Gasteiger partial charge in [-0.2, -0.15) is 0 Å². The highest BCUT2D eigenvalue weighted by Gasteiger charge is 2.38. The number of ether oxygens (including phenoxy) is 1. The molecule has 0 aromatic heterocycles. The Morgan fingerprint density at radius 3 is 2.04 bits per heavy atom. The minimum Gasteiger partial charge on any atom is -0.480 e. The van der Waals surface area contributed by atoms with Crippen molar-refractivity contribution >= 4 is 12.1 Å². The number of aliphatic carboxylic acids is 1. The normalized spacial score (nSPS) is 19.4. The van der Waals surface area contributed by atoms with E-state index in [0.717, 1.165) is 13.1 Å². The molecule has 1 amide bonds. The average Bonchev–Trinajstić information content (AvgIpc) is 2.73. The highest BCUT2D eigenvalue weighted by atomic mass is 16.5. The molecule has 0 saturated carbocycles. The second-order valence-electron chi connectivity index (χ2n) is 7.07. The number of hydrogen-bond acceptors (Lipinski definition) is 4. The molecule has 1 fully saturated rings. The molecule has 0 unspecified atom stereocenters. The van der Waals surface area contributed by atoms with Crippen LogP contribution in [0.3, 0.4) is 0 Å². The Bertz CT molecular complexity index is 740. The highest BCUT2D eigenvalue weighted by molar-refractivity contribution is 5.80. The first-order valence-corrected chi connectivity index (χ1v) is 9.47. The Morgan fingerprint density at radius 1 is 1.04 bits per heavy atom. The lowest BCUT2D eigenvalue weighted by atomic mass is 9.95. The number of rotatable bonds is 6. The van der Waals surface area contributed by atoms with Crippen LogP contribution < -0.4 is 0 Å². The summed E-state index contributed by atoms with van der Waals surface area (Å²) in [6.45, 7) is 1.82. The summed E-state index contributed by atoms with van der Waals surface area (Å²) in [5.41, 5.74) is 2.36. The SMILES string of the molecule is COC(=O)N1CC[C@H](N(Cc2ccccc2)Cc2ccccc2)C[C@@H]1C(=O)O. The van der Waals surface area contributed by atoms with Crippen LogP contribution in [0.1, 0.15) is 24.0 Å². The molecule has 3 rings (SSSR count). The van der Waals surface area contributed by atoms with E-state index in [9.17, 15) is 14.7 Å². The molecule has 1 N–H and O–H groups in total. The van der Waals surface area contributed by atoms with Gasteiger partial charge in [-0.1, -0.05) is 60.7 Å². The molecule has 2 atom stereocenters. The van der Waals surface area contributed by atoms with Gasteiger partial charge in [0.05, 0.1) is 7.11 Å². The van der Waals surface area contributed by atoms with Crippen molar-refractivity contribution < 1.29 is 19.4 Å². The van der Waals surface area contributed by atoms with Gasteiger partial charge in [0.15, 0.2) is 0 Å². The minimum absolute atomic E-state index is 0.0578. The van der Waals surface area contributed by atoms with E-state index < -0.39 is 18.1 Å². The summed E-state index contributed by atoms with van der Waals surface area (Å²) in [5, 5.41) is 9.66. The van der Waals surface area contributed by atoms with E-state index >= 15 is 0 Å². The van der Waals surface area contributed by atoms with Crippen LogP contribution in [-0.4, -0.2) is 52.7 Å². The molecule has 28 heavy (non-hydrogen) atoms. The third-order valence-electron chi connectivity index (χ3n) is 5.24. The van der Waals surface area contributed by atoms with Gasteiger partial charge in [0.2, 0.25) is 0 Å². The highest BCUT2D eigenvalue weighted by Crippen LogP contribution is 2.26. The second kappa shape index (κ2) is 9.37.